The number of ether oxygens (including phenoxy) is 3. The standard InChI is InChI=1S/C24H23FN2O3.C3H6O2/c1-16-13-19(11-12-21(16)24(28)26-18-9-7-17(25)8-10-18)29-15-20-14-27(2)22-5-3-4-6-23(22)30-20;1-3(4)5-2/h3-13,20H,14-15H2,1-2H3,(H,26,28);1-2H3/t20-;/m0./s1. The minimum Gasteiger partial charge on any atom is -0.490 e. The van der Waals surface area contributed by atoms with E-state index in [0.29, 0.717) is 23.6 Å². The number of hydrogen-bond acceptors (Lipinski definition) is 6. The minimum atomic E-state index is -0.345. The largest absolute Gasteiger partial charge is 0.490 e. The summed E-state index contributed by atoms with van der Waals surface area (Å²) in [5, 5.41) is 2.77. The third-order valence-electron chi connectivity index (χ3n) is 5.32. The molecule has 1 aliphatic heterocycles. The van der Waals surface area contributed by atoms with Gasteiger partial charge in [0.15, 0.2) is 0 Å². The molecule has 0 aliphatic carbocycles. The number of para-hydroxylation sites is 2. The van der Waals surface area contributed by atoms with Crippen LogP contribution in [0.3, 0.4) is 0 Å². The summed E-state index contributed by atoms with van der Waals surface area (Å²) in [5.41, 5.74) is 2.94. The Hall–Kier alpha value is -4.07. The Kier molecular flexibility index (Phi) is 8.67. The predicted molar refractivity (Wildman–Crippen MR) is 133 cm³/mol. The molecule has 184 valence electrons. The van der Waals surface area contributed by atoms with Gasteiger partial charge in [0.2, 0.25) is 0 Å². The fourth-order valence-electron chi connectivity index (χ4n) is 3.48. The molecule has 0 aromatic heterocycles. The number of carbonyl (C=O) groups is 2. The van der Waals surface area contributed by atoms with Gasteiger partial charge in [0, 0.05) is 25.2 Å². The lowest BCUT2D eigenvalue weighted by Crippen LogP contribution is -2.41. The smallest absolute Gasteiger partial charge is 0.302 e. The summed E-state index contributed by atoms with van der Waals surface area (Å²) < 4.78 is 29.1. The summed E-state index contributed by atoms with van der Waals surface area (Å²) in [4.78, 5) is 24.3. The number of rotatable bonds is 5. The average molecular weight is 481 g/mol. The van der Waals surface area contributed by atoms with Crippen molar-refractivity contribution in [3.05, 3.63) is 83.7 Å². The highest BCUT2D eigenvalue weighted by Gasteiger charge is 2.23. The molecule has 4 rings (SSSR count). The Bertz CT molecular complexity index is 1170. The van der Waals surface area contributed by atoms with Gasteiger partial charge >= 0.3 is 5.97 Å². The molecule has 1 N–H and O–H groups in total. The molecule has 3 aromatic rings. The van der Waals surface area contributed by atoms with Crippen LogP contribution in [-0.4, -0.2) is 45.3 Å². The lowest BCUT2D eigenvalue weighted by molar-refractivity contribution is -0.137. The van der Waals surface area contributed by atoms with Crippen LogP contribution in [0.2, 0.25) is 0 Å². The van der Waals surface area contributed by atoms with Crippen LogP contribution in [0.4, 0.5) is 15.8 Å². The van der Waals surface area contributed by atoms with Crippen LogP contribution >= 0.6 is 0 Å². The molecule has 0 radical (unpaired) electrons. The van der Waals surface area contributed by atoms with Crippen LogP contribution < -0.4 is 19.7 Å². The summed E-state index contributed by atoms with van der Waals surface area (Å²) in [6.45, 7) is 4.35. The molecule has 0 saturated carbocycles. The lowest BCUT2D eigenvalue weighted by atomic mass is 10.1. The minimum absolute atomic E-state index is 0.0911. The fourth-order valence-corrected chi connectivity index (χ4v) is 3.48. The molecule has 1 atom stereocenters. The second-order valence-corrected chi connectivity index (χ2v) is 8.03. The van der Waals surface area contributed by atoms with Gasteiger partial charge in [-0.05, 0) is 67.1 Å². The number of likely N-dealkylation sites (N-methyl/N-ethyl adjacent to an activating group) is 1. The molecule has 8 heteroatoms. The maximum absolute atomic E-state index is 13.0. The third-order valence-corrected chi connectivity index (χ3v) is 5.32. The highest BCUT2D eigenvalue weighted by atomic mass is 19.1. The van der Waals surface area contributed by atoms with E-state index in [2.05, 4.69) is 15.0 Å². The number of esters is 1. The topological polar surface area (TPSA) is 77.1 Å². The lowest BCUT2D eigenvalue weighted by Gasteiger charge is -2.33. The number of aryl methyl sites for hydroxylation is 1. The van der Waals surface area contributed by atoms with Crippen LogP contribution in [-0.2, 0) is 9.53 Å². The van der Waals surface area contributed by atoms with Gasteiger partial charge in [0.05, 0.1) is 19.3 Å². The van der Waals surface area contributed by atoms with E-state index in [9.17, 15) is 14.0 Å². The number of amides is 1. The van der Waals surface area contributed by atoms with Crippen molar-refractivity contribution in [2.45, 2.75) is 20.0 Å². The van der Waals surface area contributed by atoms with Gasteiger partial charge in [-0.2, -0.15) is 0 Å². The molecule has 1 amide bonds. The molecule has 0 bridgehead atoms. The fraction of sp³-hybridized carbons (Fsp3) is 0.259. The van der Waals surface area contributed by atoms with Crippen molar-refractivity contribution in [1.82, 2.24) is 0 Å². The predicted octanol–water partition coefficient (Wildman–Crippen LogP) is 4.84. The zero-order chi connectivity index (χ0) is 25.4. The van der Waals surface area contributed by atoms with E-state index >= 15 is 0 Å². The number of benzene rings is 3. The van der Waals surface area contributed by atoms with Crippen molar-refractivity contribution in [2.75, 3.05) is 37.5 Å². The molecule has 3 aromatic carbocycles. The molecule has 0 spiro atoms. The first-order chi connectivity index (χ1) is 16.8. The van der Waals surface area contributed by atoms with E-state index < -0.39 is 0 Å². The monoisotopic (exact) mass is 480 g/mol. The maximum Gasteiger partial charge on any atom is 0.302 e. The molecule has 0 fully saturated rings. The number of carbonyl (C=O) groups excluding carboxylic acids is 2. The Labute approximate surface area is 204 Å². The van der Waals surface area contributed by atoms with Crippen LogP contribution in [0.15, 0.2) is 66.7 Å². The summed E-state index contributed by atoms with van der Waals surface area (Å²) >= 11 is 0. The molecule has 7 nitrogen and oxygen atoms in total. The normalized spacial score (nSPS) is 14.0. The number of anilines is 2. The Balaban J connectivity index is 0.000000623. The number of methoxy groups -OCH3 is 1. The second kappa shape index (κ2) is 11.9. The number of fused-ring (bicyclic) bond motifs is 1. The Morgan fingerprint density at radius 2 is 1.80 bits per heavy atom. The molecule has 1 aliphatic rings. The third kappa shape index (κ3) is 7.20. The molecule has 0 saturated heterocycles. The summed E-state index contributed by atoms with van der Waals surface area (Å²) in [6, 6.07) is 18.9. The number of hydrogen-bond donors (Lipinski definition) is 1. The van der Waals surface area contributed by atoms with Crippen molar-refractivity contribution >= 4 is 23.3 Å². The van der Waals surface area contributed by atoms with Gasteiger partial charge in [-0.25, -0.2) is 4.39 Å². The average Bonchev–Trinajstić information content (AvgIpc) is 2.84. The highest BCUT2D eigenvalue weighted by Crippen LogP contribution is 2.32. The van der Waals surface area contributed by atoms with Crippen LogP contribution in [0, 0.1) is 12.7 Å². The summed E-state index contributed by atoms with van der Waals surface area (Å²) in [7, 11) is 3.38. The van der Waals surface area contributed by atoms with Crippen LogP contribution in [0.5, 0.6) is 11.5 Å². The van der Waals surface area contributed by atoms with E-state index in [1.165, 1.54) is 38.3 Å². The molecular formula is C27H29FN2O5. The quantitative estimate of drug-likeness (QED) is 0.527. The van der Waals surface area contributed by atoms with E-state index in [1.807, 2.05) is 44.3 Å². The maximum atomic E-state index is 13.0. The van der Waals surface area contributed by atoms with Gasteiger partial charge in [-0.15, -0.1) is 0 Å². The van der Waals surface area contributed by atoms with Crippen molar-refractivity contribution in [3.8, 4) is 11.5 Å². The second-order valence-electron chi connectivity index (χ2n) is 8.03. The Morgan fingerprint density at radius 1 is 1.11 bits per heavy atom. The highest BCUT2D eigenvalue weighted by molar-refractivity contribution is 6.05. The van der Waals surface area contributed by atoms with Crippen molar-refractivity contribution in [2.24, 2.45) is 0 Å². The van der Waals surface area contributed by atoms with Crippen molar-refractivity contribution in [1.29, 1.82) is 0 Å². The molecule has 0 unspecified atom stereocenters. The first-order valence-corrected chi connectivity index (χ1v) is 11.1. The van der Waals surface area contributed by atoms with Crippen LogP contribution in [0.1, 0.15) is 22.8 Å². The zero-order valence-corrected chi connectivity index (χ0v) is 20.2. The number of nitrogens with one attached hydrogen (secondary N) is 1. The Morgan fingerprint density at radius 3 is 2.46 bits per heavy atom. The van der Waals surface area contributed by atoms with E-state index in [4.69, 9.17) is 9.47 Å². The summed E-state index contributed by atoms with van der Waals surface area (Å²) in [6.07, 6.45) is -0.0911. The molecule has 35 heavy (non-hydrogen) atoms. The van der Waals surface area contributed by atoms with Gasteiger partial charge in [-0.3, -0.25) is 9.59 Å². The summed E-state index contributed by atoms with van der Waals surface area (Å²) in [5.74, 6) is 0.687. The van der Waals surface area contributed by atoms with Gasteiger partial charge in [0.25, 0.3) is 5.91 Å². The van der Waals surface area contributed by atoms with Crippen molar-refractivity contribution < 1.29 is 28.2 Å². The number of nitrogens with zero attached hydrogens (tertiary/aromatic N) is 1. The van der Waals surface area contributed by atoms with E-state index in [1.54, 1.807) is 12.1 Å². The SMILES string of the molecule is COC(C)=O.Cc1cc(OC[C@@H]2CN(C)c3ccccc3O2)ccc1C(=O)Nc1ccc(F)cc1. The van der Waals surface area contributed by atoms with Gasteiger partial charge in [0.1, 0.15) is 30.0 Å². The first-order valence-electron chi connectivity index (χ1n) is 11.1. The number of halogens is 1. The van der Waals surface area contributed by atoms with E-state index in [0.717, 1.165) is 23.5 Å². The van der Waals surface area contributed by atoms with Gasteiger partial charge in [-0.1, -0.05) is 12.1 Å². The molecule has 1 heterocycles. The zero-order valence-electron chi connectivity index (χ0n) is 20.2. The van der Waals surface area contributed by atoms with Gasteiger partial charge < -0.3 is 24.4 Å². The molecular weight excluding hydrogens is 451 g/mol. The van der Waals surface area contributed by atoms with Crippen LogP contribution in [0.25, 0.3) is 0 Å². The van der Waals surface area contributed by atoms with Crippen molar-refractivity contribution in [3.63, 3.8) is 0 Å². The van der Waals surface area contributed by atoms with E-state index in [-0.39, 0.29) is 23.8 Å². The first kappa shape index (κ1) is 25.6.